The molecule has 3 aliphatic rings. The molecule has 9 heteroatoms. The Morgan fingerprint density at radius 1 is 1.48 bits per heavy atom. The van der Waals surface area contributed by atoms with E-state index in [1.54, 1.807) is 13.8 Å². The fourth-order valence-electron chi connectivity index (χ4n) is 2.90. The molecule has 0 aliphatic carbocycles. The van der Waals surface area contributed by atoms with Gasteiger partial charge in [0, 0.05) is 4.75 Å². The molecule has 3 rings (SSSR count). The molecule has 0 bridgehead atoms. The highest BCUT2D eigenvalue weighted by atomic mass is 32.2. The van der Waals surface area contributed by atoms with Gasteiger partial charge in [0.15, 0.2) is 5.70 Å². The fourth-order valence-corrected chi connectivity index (χ4v) is 4.55. The Balaban J connectivity index is 1.97. The molecule has 112 valence electrons. The predicted octanol–water partition coefficient (Wildman–Crippen LogP) is 0.395. The first-order chi connectivity index (χ1) is 9.74. The number of amides is 1. The number of ether oxygens (including phenoxy) is 1. The third-order valence-electron chi connectivity index (χ3n) is 3.87. The van der Waals surface area contributed by atoms with E-state index in [-0.39, 0.29) is 5.70 Å². The van der Waals surface area contributed by atoms with Crippen molar-refractivity contribution >= 4 is 29.6 Å². The van der Waals surface area contributed by atoms with Crippen molar-refractivity contribution in [3.8, 4) is 0 Å². The average Bonchev–Trinajstić information content (AvgIpc) is 2.97. The maximum atomic E-state index is 12.4. The van der Waals surface area contributed by atoms with Crippen molar-refractivity contribution in [2.45, 2.75) is 35.5 Å². The number of methoxy groups -OCH3 is 1. The van der Waals surface area contributed by atoms with Gasteiger partial charge in [0.2, 0.25) is 5.54 Å². The van der Waals surface area contributed by atoms with E-state index in [9.17, 15) is 19.5 Å². The van der Waals surface area contributed by atoms with E-state index in [4.69, 9.17) is 0 Å². The highest BCUT2D eigenvalue weighted by molar-refractivity contribution is 8.01. The minimum Gasteiger partial charge on any atom is -0.480 e. The quantitative estimate of drug-likeness (QED) is 0.584. The topological polar surface area (TPSA) is 109 Å². The summed E-state index contributed by atoms with van der Waals surface area (Å²) in [4.78, 5) is 36.6. The number of carboxylic acids is 1. The van der Waals surface area contributed by atoms with E-state index in [1.807, 2.05) is 0 Å². The van der Waals surface area contributed by atoms with Gasteiger partial charge in [-0.3, -0.25) is 4.79 Å². The summed E-state index contributed by atoms with van der Waals surface area (Å²) in [6, 6.07) is -0.920. The molecule has 8 nitrogen and oxygen atoms in total. The lowest BCUT2D eigenvalue weighted by molar-refractivity contribution is -0.162. The molecule has 0 saturated carbocycles. The van der Waals surface area contributed by atoms with Crippen LogP contribution in [0.1, 0.15) is 13.8 Å². The van der Waals surface area contributed by atoms with Gasteiger partial charge in [0.25, 0.3) is 5.91 Å². The van der Waals surface area contributed by atoms with E-state index < -0.39 is 39.5 Å². The Labute approximate surface area is 124 Å². The molecule has 3 heterocycles. The number of fused-ring (bicyclic) bond motifs is 2. The lowest BCUT2D eigenvalue weighted by Gasteiger charge is -2.47. The summed E-state index contributed by atoms with van der Waals surface area (Å²) in [5, 5.41) is 16.5. The minimum atomic E-state index is -1.27. The zero-order chi connectivity index (χ0) is 15.6. The number of azo groups is 1. The molecular formula is C12H13N3O5S. The number of β-lactam (4-membered cyclic amide) rings is 1. The van der Waals surface area contributed by atoms with Gasteiger partial charge in [-0.05, 0) is 19.9 Å². The van der Waals surface area contributed by atoms with Gasteiger partial charge in [-0.15, -0.1) is 16.9 Å². The second-order valence-electron chi connectivity index (χ2n) is 5.57. The first-order valence-electron chi connectivity index (χ1n) is 6.22. The lowest BCUT2D eigenvalue weighted by atomic mass is 9.85. The van der Waals surface area contributed by atoms with Crippen LogP contribution in [-0.4, -0.2) is 56.7 Å². The van der Waals surface area contributed by atoms with Gasteiger partial charge in [0.1, 0.15) is 11.4 Å². The van der Waals surface area contributed by atoms with Gasteiger partial charge >= 0.3 is 11.9 Å². The normalized spacial score (nSPS) is 35.5. The second kappa shape index (κ2) is 4.06. The van der Waals surface area contributed by atoms with E-state index in [2.05, 4.69) is 15.0 Å². The molecule has 2 saturated heterocycles. The summed E-state index contributed by atoms with van der Waals surface area (Å²) in [7, 11) is 1.21. The maximum Gasteiger partial charge on any atom is 0.358 e. The van der Waals surface area contributed by atoms with E-state index in [1.165, 1.54) is 29.8 Å². The maximum absolute atomic E-state index is 12.4. The largest absolute Gasteiger partial charge is 0.480 e. The van der Waals surface area contributed by atoms with Crippen molar-refractivity contribution < 1.29 is 24.2 Å². The Hall–Kier alpha value is -1.90. The van der Waals surface area contributed by atoms with Crippen molar-refractivity contribution in [3.05, 3.63) is 11.8 Å². The fraction of sp³-hybridized carbons (Fsp3) is 0.583. The minimum absolute atomic E-state index is 0.0253. The molecule has 1 unspecified atom stereocenters. The monoisotopic (exact) mass is 311 g/mol. The lowest BCUT2D eigenvalue weighted by Crippen LogP contribution is -2.71. The number of thioether (sulfide) groups is 1. The molecular weight excluding hydrogens is 298 g/mol. The summed E-state index contributed by atoms with van der Waals surface area (Å²) in [6.45, 7) is 3.54. The predicted molar refractivity (Wildman–Crippen MR) is 71.4 cm³/mol. The SMILES string of the molecule is COC(=O)C1=C[C@@]2(N=N1)C(=O)N1C(C(=O)O)C(C)(C)S[C@@H]12. The zero-order valence-electron chi connectivity index (χ0n) is 11.6. The first kappa shape index (κ1) is 14.1. The Morgan fingerprint density at radius 3 is 2.71 bits per heavy atom. The van der Waals surface area contributed by atoms with Crippen molar-refractivity contribution in [1.29, 1.82) is 0 Å². The molecule has 0 aromatic heterocycles. The van der Waals surface area contributed by atoms with E-state index in [0.29, 0.717) is 0 Å². The molecule has 0 radical (unpaired) electrons. The van der Waals surface area contributed by atoms with Crippen LogP contribution in [0.3, 0.4) is 0 Å². The number of rotatable bonds is 2. The molecule has 2 fully saturated rings. The summed E-state index contributed by atoms with van der Waals surface area (Å²) in [5.41, 5.74) is -1.29. The molecule has 1 N–H and O–H groups in total. The Bertz CT molecular complexity index is 628. The van der Waals surface area contributed by atoms with Crippen molar-refractivity contribution in [2.24, 2.45) is 10.2 Å². The van der Waals surface area contributed by atoms with Crippen LogP contribution in [0.5, 0.6) is 0 Å². The van der Waals surface area contributed by atoms with Gasteiger partial charge in [-0.1, -0.05) is 0 Å². The number of carboxylic acid groups (broad SMARTS) is 1. The van der Waals surface area contributed by atoms with Gasteiger partial charge in [0.05, 0.1) is 7.11 Å². The Morgan fingerprint density at radius 2 is 2.14 bits per heavy atom. The van der Waals surface area contributed by atoms with Crippen LogP contribution in [0, 0.1) is 0 Å². The summed E-state index contributed by atoms with van der Waals surface area (Å²) < 4.78 is 3.91. The Kier molecular flexibility index (Phi) is 2.72. The average molecular weight is 311 g/mol. The molecule has 1 amide bonds. The van der Waals surface area contributed by atoms with Crippen LogP contribution in [0.15, 0.2) is 22.0 Å². The molecule has 1 spiro atoms. The third kappa shape index (κ3) is 1.60. The highest BCUT2D eigenvalue weighted by Gasteiger charge is 2.72. The first-order valence-corrected chi connectivity index (χ1v) is 7.10. The summed E-state index contributed by atoms with van der Waals surface area (Å²) in [5.74, 6) is -2.16. The standard InChI is InChI=1S/C12H13N3O5S/c1-11(2)6(7(16)17)15-9(19)12(10(15)21-11)4-5(13-14-12)8(18)20-3/h4,6,10H,1-3H3,(H,16,17)/t6?,10-,12-/m1/s1. The van der Waals surface area contributed by atoms with Crippen LogP contribution in [0.25, 0.3) is 0 Å². The molecule has 0 aromatic rings. The number of carbonyl (C=O) groups excluding carboxylic acids is 2. The third-order valence-corrected chi connectivity index (χ3v) is 5.51. The van der Waals surface area contributed by atoms with Gasteiger partial charge < -0.3 is 14.7 Å². The zero-order valence-corrected chi connectivity index (χ0v) is 12.4. The number of hydrogen-bond acceptors (Lipinski definition) is 7. The van der Waals surface area contributed by atoms with Crippen LogP contribution in [-0.2, 0) is 19.1 Å². The molecule has 0 aromatic carbocycles. The number of hydrogen-bond donors (Lipinski definition) is 1. The van der Waals surface area contributed by atoms with E-state index >= 15 is 0 Å². The number of nitrogens with zero attached hydrogens (tertiary/aromatic N) is 3. The second-order valence-corrected chi connectivity index (χ2v) is 7.31. The van der Waals surface area contributed by atoms with Crippen LogP contribution in [0.2, 0.25) is 0 Å². The number of carbonyl (C=O) groups is 3. The molecule has 21 heavy (non-hydrogen) atoms. The van der Waals surface area contributed by atoms with Crippen molar-refractivity contribution in [3.63, 3.8) is 0 Å². The van der Waals surface area contributed by atoms with Crippen LogP contribution < -0.4 is 0 Å². The van der Waals surface area contributed by atoms with Crippen LogP contribution in [0.4, 0.5) is 0 Å². The van der Waals surface area contributed by atoms with Crippen molar-refractivity contribution in [2.75, 3.05) is 7.11 Å². The highest BCUT2D eigenvalue weighted by Crippen LogP contribution is 2.58. The van der Waals surface area contributed by atoms with Crippen molar-refractivity contribution in [1.82, 2.24) is 4.90 Å². The molecule has 3 aliphatic heterocycles. The van der Waals surface area contributed by atoms with Gasteiger partial charge in [-0.2, -0.15) is 5.11 Å². The number of esters is 1. The number of aliphatic carboxylic acids is 1. The van der Waals surface area contributed by atoms with E-state index in [0.717, 1.165) is 0 Å². The molecule has 3 atom stereocenters. The summed E-state index contributed by atoms with van der Waals surface area (Å²) in [6.07, 6.45) is 1.37. The smallest absolute Gasteiger partial charge is 0.358 e. The summed E-state index contributed by atoms with van der Waals surface area (Å²) >= 11 is 1.35. The van der Waals surface area contributed by atoms with Gasteiger partial charge in [-0.25, -0.2) is 9.59 Å². The van der Waals surface area contributed by atoms with Crippen LogP contribution >= 0.6 is 11.8 Å².